The number of nitrogens with zero attached hydrogens (tertiary/aromatic N) is 2. The van der Waals surface area contributed by atoms with Crippen molar-refractivity contribution in [3.05, 3.63) is 58.9 Å². The molecule has 0 bridgehead atoms. The van der Waals surface area contributed by atoms with Crippen LogP contribution in [0.5, 0.6) is 5.75 Å². The van der Waals surface area contributed by atoms with E-state index < -0.39 is 17.3 Å². The Morgan fingerprint density at radius 1 is 1.24 bits per heavy atom. The number of likely N-dealkylation sites (tertiary alicyclic amines) is 1. The van der Waals surface area contributed by atoms with Crippen molar-refractivity contribution in [2.75, 3.05) is 55.1 Å². The third kappa shape index (κ3) is 8.78. The summed E-state index contributed by atoms with van der Waals surface area (Å²) in [5, 5.41) is 7.11. The fourth-order valence-electron chi connectivity index (χ4n) is 4.89. The van der Waals surface area contributed by atoms with Crippen molar-refractivity contribution >= 4 is 40.2 Å². The number of nitrogens with two attached hydrogens (primary N) is 2. The van der Waals surface area contributed by atoms with Crippen LogP contribution in [0.25, 0.3) is 0 Å². The Kier molecular flexibility index (Phi) is 11.1. The maximum Gasteiger partial charge on any atom is 0.268 e. The SMILES string of the molecule is COc1c(NC(=O)c2ccc(C)c(N(N)/C=C(\N)C(=O)NCC3CCCN(C)C3)c2)cc(C(C)(C)C)cc1N[S+](C)O. The molecule has 2 unspecified atom stereocenters. The molecular weight excluding hydrogens is 554 g/mol. The Hall–Kier alpha value is -3.45. The van der Waals surface area contributed by atoms with Crippen LogP contribution in [0.2, 0.25) is 0 Å². The van der Waals surface area contributed by atoms with E-state index in [9.17, 15) is 14.1 Å². The number of hydrogen-bond acceptors (Lipinski definition) is 9. The second-order valence-electron chi connectivity index (χ2n) is 11.9. The second-order valence-corrected chi connectivity index (χ2v) is 13.0. The van der Waals surface area contributed by atoms with Gasteiger partial charge in [-0.05, 0) is 80.1 Å². The van der Waals surface area contributed by atoms with Crippen molar-refractivity contribution < 1.29 is 18.9 Å². The molecule has 0 aromatic heterocycles. The number of hydrazine groups is 1. The van der Waals surface area contributed by atoms with Crippen LogP contribution in [-0.2, 0) is 21.6 Å². The molecule has 1 saturated heterocycles. The minimum atomic E-state index is -1.10. The summed E-state index contributed by atoms with van der Waals surface area (Å²) in [4.78, 5) is 28.4. The summed E-state index contributed by atoms with van der Waals surface area (Å²) in [6.07, 6.45) is 5.17. The van der Waals surface area contributed by atoms with Crippen LogP contribution in [0.4, 0.5) is 17.1 Å². The van der Waals surface area contributed by atoms with Gasteiger partial charge in [0, 0.05) is 24.9 Å². The number of nitrogens with one attached hydrogen (secondary N) is 3. The Bertz CT molecular complexity index is 1310. The number of ether oxygens (including phenoxy) is 1. The number of piperidine rings is 1. The molecule has 230 valence electrons. The van der Waals surface area contributed by atoms with Gasteiger partial charge < -0.3 is 26.0 Å². The number of carbonyl (C=O) groups is 2. The van der Waals surface area contributed by atoms with Gasteiger partial charge >= 0.3 is 0 Å². The highest BCUT2D eigenvalue weighted by Crippen LogP contribution is 2.39. The average Bonchev–Trinajstić information content (AvgIpc) is 2.90. The van der Waals surface area contributed by atoms with E-state index in [4.69, 9.17) is 16.3 Å². The molecule has 3 rings (SSSR count). The first-order valence-electron chi connectivity index (χ1n) is 13.9. The van der Waals surface area contributed by atoms with Gasteiger partial charge in [-0.25, -0.2) is 5.84 Å². The molecule has 0 saturated carbocycles. The minimum absolute atomic E-state index is 0.0292. The van der Waals surface area contributed by atoms with E-state index in [0.717, 1.165) is 37.1 Å². The molecule has 0 aliphatic carbocycles. The zero-order valence-corrected chi connectivity index (χ0v) is 26.5. The summed E-state index contributed by atoms with van der Waals surface area (Å²) in [5.74, 6) is 6.31. The van der Waals surface area contributed by atoms with Gasteiger partial charge in [0.2, 0.25) is 0 Å². The number of hydrogen-bond donors (Lipinski definition) is 6. The van der Waals surface area contributed by atoms with E-state index in [0.29, 0.717) is 40.8 Å². The minimum Gasteiger partial charge on any atom is -0.492 e. The molecule has 0 spiro atoms. The number of rotatable bonds is 10. The number of aryl methyl sites for hydroxylation is 1. The summed E-state index contributed by atoms with van der Waals surface area (Å²) >= 11 is -1.10. The largest absolute Gasteiger partial charge is 0.492 e. The lowest BCUT2D eigenvalue weighted by molar-refractivity contribution is -0.117. The highest BCUT2D eigenvalue weighted by Gasteiger charge is 2.24. The zero-order valence-electron chi connectivity index (χ0n) is 25.7. The van der Waals surface area contributed by atoms with Gasteiger partial charge in [-0.1, -0.05) is 26.8 Å². The van der Waals surface area contributed by atoms with Gasteiger partial charge in [0.25, 0.3) is 23.2 Å². The Morgan fingerprint density at radius 2 is 1.93 bits per heavy atom. The third-order valence-corrected chi connectivity index (χ3v) is 7.74. The molecule has 2 aromatic rings. The molecule has 1 aliphatic heterocycles. The summed E-state index contributed by atoms with van der Waals surface area (Å²) in [6.45, 7) is 10.6. The molecule has 1 fully saturated rings. The predicted molar refractivity (Wildman–Crippen MR) is 173 cm³/mol. The van der Waals surface area contributed by atoms with Crippen LogP contribution in [0.1, 0.15) is 55.1 Å². The number of anilines is 3. The lowest BCUT2D eigenvalue weighted by Gasteiger charge is -2.29. The van der Waals surface area contributed by atoms with Gasteiger partial charge in [-0.15, -0.1) is 0 Å². The van der Waals surface area contributed by atoms with E-state index in [1.165, 1.54) is 18.3 Å². The number of methoxy groups -OCH3 is 1. The van der Waals surface area contributed by atoms with Crippen molar-refractivity contribution in [1.82, 2.24) is 10.2 Å². The van der Waals surface area contributed by atoms with Gasteiger partial charge in [-0.2, -0.15) is 9.27 Å². The van der Waals surface area contributed by atoms with Crippen LogP contribution >= 0.6 is 0 Å². The quantitative estimate of drug-likeness (QED) is 0.104. The molecule has 8 N–H and O–H groups in total. The van der Waals surface area contributed by atoms with Crippen LogP contribution < -0.4 is 36.7 Å². The molecule has 1 aliphatic rings. The Balaban J connectivity index is 1.80. The summed E-state index contributed by atoms with van der Waals surface area (Å²) in [7, 11) is 3.59. The topological polar surface area (TPSA) is 158 Å². The second kappa shape index (κ2) is 14.1. The van der Waals surface area contributed by atoms with Crippen molar-refractivity contribution in [1.29, 1.82) is 0 Å². The van der Waals surface area contributed by atoms with E-state index in [1.807, 2.05) is 19.1 Å². The zero-order chi connectivity index (χ0) is 31.2. The summed E-state index contributed by atoms with van der Waals surface area (Å²) in [5.41, 5.74) is 9.44. The first-order chi connectivity index (χ1) is 19.7. The number of carbonyl (C=O) groups excluding carboxylic acids is 2. The van der Waals surface area contributed by atoms with Crippen LogP contribution in [0.15, 0.2) is 42.2 Å². The molecular formula is C30H46N7O4S+. The fourth-order valence-corrected chi connectivity index (χ4v) is 5.36. The standard InChI is InChI=1S/C30H45N7O4S/c1-19-10-11-21(13-26(19)37(32)18-23(31)29(39)33-16-20-9-8-12-36(5)17-20)28(38)34-24-14-22(30(2,3)4)15-25(27(24)41-6)35-42(7)40/h10-11,13-15,18,20,35,40H,8-9,12,16-17,31-32H2,1-7H3,(H-,33,34,38,39)/p+1/b23-18-. The molecule has 12 heteroatoms. The van der Waals surface area contributed by atoms with Gasteiger partial charge in [0.15, 0.2) is 12.0 Å². The van der Waals surface area contributed by atoms with Crippen LogP contribution in [0, 0.1) is 12.8 Å². The lowest BCUT2D eigenvalue weighted by Crippen LogP contribution is -2.40. The van der Waals surface area contributed by atoms with Crippen LogP contribution in [0.3, 0.4) is 0 Å². The third-order valence-electron chi connectivity index (χ3n) is 7.23. The van der Waals surface area contributed by atoms with Crippen molar-refractivity contribution in [2.24, 2.45) is 17.5 Å². The average molecular weight is 601 g/mol. The fraction of sp³-hybridized carbons (Fsp3) is 0.467. The van der Waals surface area contributed by atoms with Crippen molar-refractivity contribution in [3.8, 4) is 5.75 Å². The van der Waals surface area contributed by atoms with Crippen molar-refractivity contribution in [3.63, 3.8) is 0 Å². The first kappa shape index (κ1) is 33.1. The van der Waals surface area contributed by atoms with E-state index in [2.05, 4.69) is 48.1 Å². The van der Waals surface area contributed by atoms with E-state index >= 15 is 0 Å². The molecule has 0 radical (unpaired) electrons. The first-order valence-corrected chi connectivity index (χ1v) is 15.5. The van der Waals surface area contributed by atoms with Gasteiger partial charge in [-0.3, -0.25) is 14.6 Å². The van der Waals surface area contributed by atoms with Crippen LogP contribution in [-0.4, -0.2) is 61.3 Å². The van der Waals surface area contributed by atoms with E-state index in [-0.39, 0.29) is 17.0 Å². The highest BCUT2D eigenvalue weighted by atomic mass is 32.2. The van der Waals surface area contributed by atoms with E-state index in [1.54, 1.807) is 24.5 Å². The number of benzene rings is 2. The molecule has 2 aromatic carbocycles. The normalized spacial score (nSPS) is 16.9. The predicted octanol–water partition coefficient (Wildman–Crippen LogP) is 3.54. The smallest absolute Gasteiger partial charge is 0.268 e. The monoisotopic (exact) mass is 600 g/mol. The Morgan fingerprint density at radius 3 is 2.55 bits per heavy atom. The van der Waals surface area contributed by atoms with Crippen molar-refractivity contribution in [2.45, 2.75) is 46.0 Å². The lowest BCUT2D eigenvalue weighted by atomic mass is 9.86. The molecule has 11 nitrogen and oxygen atoms in total. The molecule has 1 heterocycles. The maximum atomic E-state index is 13.5. The molecule has 2 atom stereocenters. The molecule has 42 heavy (non-hydrogen) atoms. The summed E-state index contributed by atoms with van der Waals surface area (Å²) < 4.78 is 18.6. The van der Waals surface area contributed by atoms with Gasteiger partial charge in [0.1, 0.15) is 11.4 Å². The van der Waals surface area contributed by atoms with Gasteiger partial charge in [0.05, 0.1) is 18.5 Å². The maximum absolute atomic E-state index is 13.5. The Labute approximate surface area is 252 Å². The highest BCUT2D eigenvalue weighted by molar-refractivity contribution is 7.92. The molecule has 2 amide bonds. The summed E-state index contributed by atoms with van der Waals surface area (Å²) in [6, 6.07) is 8.88. The number of amides is 2.